The van der Waals surface area contributed by atoms with E-state index in [9.17, 15) is 90.0 Å². The molecule has 54 nitrogen and oxygen atoms in total. The summed E-state index contributed by atoms with van der Waals surface area (Å²) >= 11 is 0.634. The summed E-state index contributed by atoms with van der Waals surface area (Å²) in [6.45, 7) is 1.14. The van der Waals surface area contributed by atoms with Gasteiger partial charge in [0.25, 0.3) is 0 Å². The highest BCUT2D eigenvalue weighted by atomic mass is 32.3. The molecule has 0 bridgehead atoms. The van der Waals surface area contributed by atoms with Crippen LogP contribution in [0.25, 0.3) is 0 Å². The van der Waals surface area contributed by atoms with Crippen molar-refractivity contribution in [2.75, 3.05) is 33.5 Å². The predicted octanol–water partition coefficient (Wildman–Crippen LogP) is -7.76. The van der Waals surface area contributed by atoms with Crippen LogP contribution >= 0.6 is 48.9 Å². The quantitative estimate of drug-likeness (QED) is 0.00675. The van der Waals surface area contributed by atoms with Crippen LogP contribution in [0.1, 0.15) is 53.4 Å². The number of aliphatic hydroxyl groups is 10. The van der Waals surface area contributed by atoms with Crippen molar-refractivity contribution in [1.82, 2.24) is 18.9 Å². The number of ether oxygens (including phenoxy) is 16. The lowest BCUT2D eigenvalue weighted by molar-refractivity contribution is -0.432. The molecule has 646 valence electrons. The fraction of sp³-hybridized carbons (Fsp3) is 1.00. The van der Waals surface area contributed by atoms with Gasteiger partial charge >= 0.3 is 31.2 Å². The fourth-order valence-electron chi connectivity index (χ4n) is 13.0. The van der Waals surface area contributed by atoms with Crippen LogP contribution in [0, 0.1) is 0 Å². The molecule has 110 heavy (non-hydrogen) atoms. The Balaban J connectivity index is 0.949. The summed E-state index contributed by atoms with van der Waals surface area (Å²) in [5, 5.41) is 164. The van der Waals surface area contributed by atoms with Gasteiger partial charge in [0.15, 0.2) is 50.3 Å². The van der Waals surface area contributed by atoms with E-state index in [0.717, 1.165) is 0 Å². The molecular weight excluding hydrogens is 1670 g/mol. The minimum atomic E-state index is -5.37. The summed E-state index contributed by atoms with van der Waals surface area (Å²) in [7, 11) is -14.7. The van der Waals surface area contributed by atoms with Gasteiger partial charge in [0.1, 0.15) is 147 Å². The molecule has 0 spiro atoms. The maximum atomic E-state index is 12.2. The van der Waals surface area contributed by atoms with Crippen molar-refractivity contribution in [2.45, 2.75) is 274 Å². The summed E-state index contributed by atoms with van der Waals surface area (Å²) in [5.41, 5.74) is 0. The van der Waals surface area contributed by atoms with Crippen molar-refractivity contribution in [3.63, 3.8) is 0 Å². The van der Waals surface area contributed by atoms with Gasteiger partial charge in [0.05, 0.1) is 99.4 Å². The third-order valence-corrected chi connectivity index (χ3v) is 21.2. The molecule has 0 aromatic carbocycles. The van der Waals surface area contributed by atoms with Crippen molar-refractivity contribution in [1.29, 1.82) is 0 Å². The Morgan fingerprint density at radius 2 is 0.600 bits per heavy atom. The molecule has 61 heteroatoms. The Morgan fingerprint density at radius 3 is 0.845 bits per heavy atom. The zero-order valence-electron chi connectivity index (χ0n) is 57.4. The number of methoxy groups -OCH3 is 1. The summed E-state index contributed by atoms with van der Waals surface area (Å²) in [6.07, 6.45) is -54.1. The smallest absolute Gasteiger partial charge is 0.394 e. The minimum absolute atomic E-state index is 0.0725. The largest absolute Gasteiger partial charge is 0.397 e. The standard InChI is InChI=1S/C49H88N4O50S7/c1-14-34(59)18(55)6-26(81-14)90-43-23(11-78-108(68,69)70)86-47(31(36(43)61)51-105-101-97-65)94-40-16(3)83-28(8-20(40)57)92-45-25(13-80-110(74,75)76)88-49(33(38(45)63)53-107-103-99-67)95-41-17(4)84-29(9-21(41)58)91-44-24(12-79-109(71,72)73)87-48(32(37(44)62)52-106-102-98-66)93-39-15(2)82-27(7-19(39)56)89-42-22(10-54)85-46(77-5)30(35(42)60)50-104-100-96-64/h14-67H,6-13H2,1-5H3,(H,68,69,70)(H,71,72,73)(H,74,75,76)/t14?,15?,16?,17?,18-,19-,20-,21-,22?,23?,24?,25?,26-,27-,28-,29-,30?,31?,32?,33?,34+,35+,36+,37+,38+,39-,40-,41-,42+,43+,44+,45+,46-,47-,48-,49-/m0/s1. The summed E-state index contributed by atoms with van der Waals surface area (Å²) in [5.74, 6) is 0. The molecule has 8 aliphatic rings. The van der Waals surface area contributed by atoms with Crippen LogP contribution in [0.4, 0.5) is 0 Å². The van der Waals surface area contributed by atoms with Gasteiger partial charge in [-0.05, 0) is 27.7 Å². The molecule has 0 saturated carbocycles. The van der Waals surface area contributed by atoms with Crippen LogP contribution in [-0.4, -0.2) is 366 Å². The first-order valence-corrected chi connectivity index (χ1v) is 39.6. The van der Waals surface area contributed by atoms with Crippen LogP contribution in [0.2, 0.25) is 0 Å². The molecule has 12 unspecified atom stereocenters. The topological polar surface area (TPSA) is 744 Å². The van der Waals surface area contributed by atoms with Crippen molar-refractivity contribution in [3.8, 4) is 0 Å². The summed E-state index contributed by atoms with van der Waals surface area (Å²) < 4.78 is 238. The molecule has 8 saturated heterocycles. The lowest BCUT2D eigenvalue weighted by atomic mass is 9.95. The Labute approximate surface area is 640 Å². The maximum absolute atomic E-state index is 12.2. The summed E-state index contributed by atoms with van der Waals surface area (Å²) in [6, 6.07) is -6.22. The Bertz CT molecular complexity index is 3020. The predicted molar refractivity (Wildman–Crippen MR) is 342 cm³/mol. The third-order valence-electron chi connectivity index (χ3n) is 18.0. The molecule has 8 fully saturated rings. The van der Waals surface area contributed by atoms with Gasteiger partial charge in [-0.3, -0.25) is 13.7 Å². The highest BCUT2D eigenvalue weighted by molar-refractivity contribution is 7.93. The van der Waals surface area contributed by atoms with Gasteiger partial charge in [-0.1, -0.05) is 20.2 Å². The average molecular weight is 1760 g/mol. The van der Waals surface area contributed by atoms with Gasteiger partial charge in [0, 0.05) is 32.8 Å². The normalized spacial score (nSPS) is 43.4. The molecular formula is C49H88N4O50S7. The number of aliphatic hydroxyl groups excluding tert-OH is 10. The zero-order chi connectivity index (χ0) is 80.7. The van der Waals surface area contributed by atoms with E-state index < -0.39 is 304 Å². The van der Waals surface area contributed by atoms with E-state index in [1.807, 2.05) is 0 Å². The lowest BCUT2D eigenvalue weighted by Crippen LogP contribution is -2.67. The monoisotopic (exact) mass is 1760 g/mol. The fourth-order valence-corrected chi connectivity index (χ4v) is 15.6. The van der Waals surface area contributed by atoms with E-state index in [4.69, 9.17) is 96.8 Å². The first kappa shape index (κ1) is 94.8. The second kappa shape index (κ2) is 44.0. The average Bonchev–Trinajstić information content (AvgIpc) is 0.783. The molecule has 8 aliphatic heterocycles. The molecule has 0 aromatic heterocycles. The first-order chi connectivity index (χ1) is 52.0. The molecule has 36 atom stereocenters. The van der Waals surface area contributed by atoms with Gasteiger partial charge in [-0.15, -0.1) is 17.3 Å². The number of hydrogen-bond acceptors (Lipinski definition) is 55. The molecule has 0 amide bonds. The second-order valence-electron chi connectivity index (χ2n) is 25.2. The lowest BCUT2D eigenvalue weighted by Gasteiger charge is -2.49. The molecule has 21 N–H and O–H groups in total. The van der Waals surface area contributed by atoms with Gasteiger partial charge in [-0.25, -0.2) is 52.5 Å². The third kappa shape index (κ3) is 26.7. The highest BCUT2D eigenvalue weighted by Gasteiger charge is 2.57. The van der Waals surface area contributed by atoms with Crippen molar-refractivity contribution < 1.29 is 237 Å². The van der Waals surface area contributed by atoms with E-state index in [2.05, 4.69) is 68.9 Å². The second-order valence-corrected chi connectivity index (χ2v) is 30.6. The number of hydrogen-bond donors (Lipinski definition) is 21. The zero-order valence-corrected chi connectivity index (χ0v) is 63.1. The van der Waals surface area contributed by atoms with Crippen molar-refractivity contribution in [3.05, 3.63) is 0 Å². The van der Waals surface area contributed by atoms with E-state index >= 15 is 0 Å². The van der Waals surface area contributed by atoms with Crippen LogP contribution in [0.15, 0.2) is 0 Å². The first-order valence-electron chi connectivity index (χ1n) is 32.5. The van der Waals surface area contributed by atoms with E-state index in [1.165, 1.54) is 34.8 Å². The van der Waals surface area contributed by atoms with Gasteiger partial charge in [-0.2, -0.15) is 25.3 Å². The number of nitrogens with one attached hydrogen (secondary N) is 4. The van der Waals surface area contributed by atoms with Gasteiger partial charge < -0.3 is 127 Å². The Kier molecular flexibility index (Phi) is 38.0. The van der Waals surface area contributed by atoms with Gasteiger partial charge in [0.2, 0.25) is 0 Å². The molecule has 8 heterocycles. The molecule has 8 rings (SSSR count). The highest BCUT2D eigenvalue weighted by Crippen LogP contribution is 2.40. The van der Waals surface area contributed by atoms with E-state index in [-0.39, 0.29) is 36.7 Å². The Hall–Kier alpha value is -0.670. The Morgan fingerprint density at radius 1 is 0.345 bits per heavy atom. The number of rotatable bonds is 41. The van der Waals surface area contributed by atoms with Crippen LogP contribution in [0.3, 0.4) is 0 Å². The van der Waals surface area contributed by atoms with E-state index in [0.29, 0.717) is 12.2 Å². The van der Waals surface area contributed by atoms with Crippen molar-refractivity contribution in [2.24, 2.45) is 0 Å². The molecule has 0 aromatic rings. The van der Waals surface area contributed by atoms with Crippen LogP contribution in [0.5, 0.6) is 0 Å². The summed E-state index contributed by atoms with van der Waals surface area (Å²) in [4.78, 5) is 0. The molecule has 0 radical (unpaired) electrons. The van der Waals surface area contributed by atoms with E-state index in [1.54, 1.807) is 0 Å². The SMILES string of the molecule is CO[C@H]1OC(CO)[C@@H](O[C@H]2C[C@H](O)[C@@H](O[C@@H]3OC(COS(=O)(=O)O)[C@@H](O[C@H]4C[C@H](O)[C@@H](O[C@@H]5OC(COS(=O)(=O)O)[C@@H](O[C@H]6C[C@H](O)[C@@H](O[C@@H]7OC(COS(=O)(=O)O)[C@@H](O[C@H]8C[C@H](O)[C@H](O)C(C)O8)[C@H](O)C7NSOOO)C(C)O6)[C@H](O)C5NSOOO)C(C)O4)[C@H](O)C3NSOOO)C(C)O2)[C@H](O)C1NSOOO. The van der Waals surface area contributed by atoms with Crippen molar-refractivity contribution >= 4 is 80.1 Å². The molecule has 0 aliphatic carbocycles. The maximum Gasteiger partial charge on any atom is 0.397 e. The minimum Gasteiger partial charge on any atom is -0.394 e. The van der Waals surface area contributed by atoms with Crippen LogP contribution < -0.4 is 18.9 Å². The van der Waals surface area contributed by atoms with Crippen LogP contribution in [-0.2, 0) is 157 Å².